The fraction of sp³-hybridized carbons (Fsp3) is 0.400. The van der Waals surface area contributed by atoms with E-state index in [9.17, 15) is 15.2 Å². The predicted molar refractivity (Wildman–Crippen MR) is 54.6 cm³/mol. The number of nitro benzene ring substituents is 1. The Hall–Kier alpha value is -1.46. The lowest BCUT2D eigenvalue weighted by Gasteiger charge is -2.37. The highest BCUT2D eigenvalue weighted by molar-refractivity contribution is 5.35. The third kappa shape index (κ3) is 2.14. The summed E-state index contributed by atoms with van der Waals surface area (Å²) in [5.74, 6) is 0. The van der Waals surface area contributed by atoms with Gasteiger partial charge in [-0.1, -0.05) is 12.1 Å². The topological polar surface area (TPSA) is 75.4 Å². The average molecular weight is 208 g/mol. The SMILES string of the molecule is O=[N+]([O-])c1cccc(CC2(O)CNC2)c1. The molecule has 0 spiro atoms. The lowest BCUT2D eigenvalue weighted by Crippen LogP contribution is -2.60. The number of β-amino-alcohol motifs (C(OH)–C–C–N with tert-alkyl or cyclic N) is 1. The molecule has 0 aliphatic carbocycles. The normalized spacial score (nSPS) is 18.2. The summed E-state index contributed by atoms with van der Waals surface area (Å²) < 4.78 is 0. The number of hydrogen-bond acceptors (Lipinski definition) is 4. The Balaban J connectivity index is 2.14. The van der Waals surface area contributed by atoms with Crippen LogP contribution in [0.4, 0.5) is 5.69 Å². The number of rotatable bonds is 3. The van der Waals surface area contributed by atoms with E-state index in [0.29, 0.717) is 19.5 Å². The molecule has 80 valence electrons. The Morgan fingerprint density at radius 3 is 2.80 bits per heavy atom. The van der Waals surface area contributed by atoms with Gasteiger partial charge < -0.3 is 10.4 Å². The standard InChI is InChI=1S/C10H12N2O3/c13-10(6-11-7-10)5-8-2-1-3-9(4-8)12(14)15/h1-4,11,13H,5-7H2. The molecule has 0 unspecified atom stereocenters. The summed E-state index contributed by atoms with van der Waals surface area (Å²) >= 11 is 0. The summed E-state index contributed by atoms with van der Waals surface area (Å²) in [5.41, 5.74) is 0.145. The fourth-order valence-electron chi connectivity index (χ4n) is 1.70. The van der Waals surface area contributed by atoms with Gasteiger partial charge in [0.25, 0.3) is 5.69 Å². The highest BCUT2D eigenvalue weighted by Gasteiger charge is 2.34. The first-order valence-electron chi connectivity index (χ1n) is 4.76. The third-order valence-electron chi connectivity index (χ3n) is 2.56. The van der Waals surface area contributed by atoms with Crippen molar-refractivity contribution in [3.63, 3.8) is 0 Å². The number of nitrogens with one attached hydrogen (secondary N) is 1. The minimum atomic E-state index is -0.727. The summed E-state index contributed by atoms with van der Waals surface area (Å²) in [6.45, 7) is 1.10. The Kier molecular flexibility index (Phi) is 2.42. The zero-order valence-corrected chi connectivity index (χ0v) is 8.14. The molecule has 0 aromatic heterocycles. The van der Waals surface area contributed by atoms with Crippen LogP contribution in [0.25, 0.3) is 0 Å². The van der Waals surface area contributed by atoms with Crippen LogP contribution < -0.4 is 5.32 Å². The van der Waals surface area contributed by atoms with Crippen LogP contribution >= 0.6 is 0 Å². The molecule has 1 aliphatic heterocycles. The van der Waals surface area contributed by atoms with Crippen LogP contribution in [0.2, 0.25) is 0 Å². The van der Waals surface area contributed by atoms with Crippen LogP contribution in [0, 0.1) is 10.1 Å². The van der Waals surface area contributed by atoms with Gasteiger partial charge >= 0.3 is 0 Å². The zero-order valence-electron chi connectivity index (χ0n) is 8.14. The van der Waals surface area contributed by atoms with Gasteiger partial charge in [-0.2, -0.15) is 0 Å². The largest absolute Gasteiger partial charge is 0.387 e. The molecule has 0 atom stereocenters. The van der Waals surface area contributed by atoms with Crippen molar-refractivity contribution in [2.24, 2.45) is 0 Å². The second-order valence-electron chi connectivity index (χ2n) is 3.93. The van der Waals surface area contributed by atoms with Gasteiger partial charge in [0.1, 0.15) is 0 Å². The highest BCUT2D eigenvalue weighted by Crippen LogP contribution is 2.20. The number of aliphatic hydroxyl groups is 1. The van der Waals surface area contributed by atoms with Crippen molar-refractivity contribution in [1.29, 1.82) is 0 Å². The van der Waals surface area contributed by atoms with E-state index in [1.165, 1.54) is 12.1 Å². The lowest BCUT2D eigenvalue weighted by atomic mass is 9.89. The molecular formula is C10H12N2O3. The zero-order chi connectivity index (χ0) is 10.9. The van der Waals surface area contributed by atoms with Gasteiger partial charge in [0, 0.05) is 31.6 Å². The van der Waals surface area contributed by atoms with E-state index in [2.05, 4.69) is 5.32 Å². The molecule has 2 N–H and O–H groups in total. The molecule has 1 fully saturated rings. The van der Waals surface area contributed by atoms with Crippen LogP contribution in [0.1, 0.15) is 5.56 Å². The monoisotopic (exact) mass is 208 g/mol. The number of hydrogen-bond donors (Lipinski definition) is 2. The molecular weight excluding hydrogens is 196 g/mol. The van der Waals surface area contributed by atoms with Gasteiger partial charge in [-0.05, 0) is 5.56 Å². The Morgan fingerprint density at radius 2 is 2.27 bits per heavy atom. The van der Waals surface area contributed by atoms with Crippen molar-refractivity contribution in [2.45, 2.75) is 12.0 Å². The number of non-ortho nitro benzene ring substituents is 1. The second-order valence-corrected chi connectivity index (χ2v) is 3.93. The summed E-state index contributed by atoms with van der Waals surface area (Å²) in [6.07, 6.45) is 0.460. The number of benzene rings is 1. The van der Waals surface area contributed by atoms with Crippen molar-refractivity contribution in [2.75, 3.05) is 13.1 Å². The summed E-state index contributed by atoms with van der Waals surface area (Å²) in [6, 6.07) is 6.40. The van der Waals surface area contributed by atoms with Gasteiger partial charge in [0.05, 0.1) is 10.5 Å². The molecule has 1 aromatic carbocycles. The third-order valence-corrected chi connectivity index (χ3v) is 2.56. The average Bonchev–Trinajstić information content (AvgIpc) is 2.16. The van der Waals surface area contributed by atoms with E-state index in [4.69, 9.17) is 0 Å². The van der Waals surface area contributed by atoms with Crippen LogP contribution in [0.3, 0.4) is 0 Å². The smallest absolute Gasteiger partial charge is 0.269 e. The molecule has 1 heterocycles. The second kappa shape index (κ2) is 3.60. The van der Waals surface area contributed by atoms with Crippen LogP contribution in [-0.2, 0) is 6.42 Å². The van der Waals surface area contributed by atoms with E-state index >= 15 is 0 Å². The first kappa shape index (κ1) is 10.1. The minimum Gasteiger partial charge on any atom is -0.387 e. The summed E-state index contributed by atoms with van der Waals surface area (Å²) in [7, 11) is 0. The van der Waals surface area contributed by atoms with Crippen molar-refractivity contribution in [1.82, 2.24) is 5.32 Å². The fourth-order valence-corrected chi connectivity index (χ4v) is 1.70. The maximum Gasteiger partial charge on any atom is 0.269 e. The van der Waals surface area contributed by atoms with Gasteiger partial charge in [0.2, 0.25) is 0 Å². The molecule has 1 aromatic rings. The molecule has 1 saturated heterocycles. The van der Waals surface area contributed by atoms with E-state index in [1.54, 1.807) is 12.1 Å². The van der Waals surface area contributed by atoms with E-state index in [-0.39, 0.29) is 5.69 Å². The van der Waals surface area contributed by atoms with E-state index < -0.39 is 10.5 Å². The molecule has 2 rings (SSSR count). The predicted octanol–water partition coefficient (Wildman–Crippen LogP) is 0.472. The maximum absolute atomic E-state index is 10.5. The Morgan fingerprint density at radius 1 is 1.53 bits per heavy atom. The molecule has 1 aliphatic rings. The van der Waals surface area contributed by atoms with E-state index in [0.717, 1.165) is 5.56 Å². The van der Waals surface area contributed by atoms with Gasteiger partial charge in [-0.3, -0.25) is 10.1 Å². The van der Waals surface area contributed by atoms with Crippen molar-refractivity contribution >= 4 is 5.69 Å². The Bertz CT molecular complexity index is 388. The Labute approximate surface area is 86.9 Å². The van der Waals surface area contributed by atoms with Crippen molar-refractivity contribution in [3.05, 3.63) is 39.9 Å². The van der Waals surface area contributed by atoms with Gasteiger partial charge in [-0.25, -0.2) is 0 Å². The molecule has 5 nitrogen and oxygen atoms in total. The van der Waals surface area contributed by atoms with Crippen LogP contribution in [-0.4, -0.2) is 28.7 Å². The maximum atomic E-state index is 10.5. The number of nitro groups is 1. The minimum absolute atomic E-state index is 0.0726. The van der Waals surface area contributed by atoms with Gasteiger partial charge in [0.15, 0.2) is 0 Å². The van der Waals surface area contributed by atoms with Gasteiger partial charge in [-0.15, -0.1) is 0 Å². The highest BCUT2D eigenvalue weighted by atomic mass is 16.6. The first-order valence-corrected chi connectivity index (χ1v) is 4.76. The molecule has 0 radical (unpaired) electrons. The number of nitrogens with zero attached hydrogens (tertiary/aromatic N) is 1. The molecule has 5 heteroatoms. The van der Waals surface area contributed by atoms with E-state index in [1.807, 2.05) is 0 Å². The summed E-state index contributed by atoms with van der Waals surface area (Å²) in [5, 5.41) is 23.4. The van der Waals surface area contributed by atoms with Crippen LogP contribution in [0.5, 0.6) is 0 Å². The lowest BCUT2D eigenvalue weighted by molar-refractivity contribution is -0.384. The molecule has 0 amide bonds. The summed E-state index contributed by atoms with van der Waals surface area (Å²) in [4.78, 5) is 10.1. The molecule has 15 heavy (non-hydrogen) atoms. The molecule has 0 bridgehead atoms. The van der Waals surface area contributed by atoms with Crippen molar-refractivity contribution in [3.8, 4) is 0 Å². The quantitative estimate of drug-likeness (QED) is 0.559. The van der Waals surface area contributed by atoms with Crippen LogP contribution in [0.15, 0.2) is 24.3 Å². The molecule has 0 saturated carbocycles. The van der Waals surface area contributed by atoms with Crippen molar-refractivity contribution < 1.29 is 10.0 Å². The first-order chi connectivity index (χ1) is 7.09.